The molecule has 4 nitrogen and oxygen atoms in total. The molecule has 0 spiro atoms. The SMILES string of the molecule is Cc1cc(Cl)ccc1-c1ccc(C(=O)N2CCC[C@H]2C(N)=O)cc1. The van der Waals surface area contributed by atoms with E-state index in [1.807, 2.05) is 37.3 Å². The van der Waals surface area contributed by atoms with E-state index in [2.05, 4.69) is 0 Å². The first kappa shape index (κ1) is 16.5. The van der Waals surface area contributed by atoms with E-state index < -0.39 is 11.9 Å². The van der Waals surface area contributed by atoms with E-state index in [1.165, 1.54) is 0 Å². The van der Waals surface area contributed by atoms with Crippen LogP contribution in [0.5, 0.6) is 0 Å². The van der Waals surface area contributed by atoms with Crippen LogP contribution in [-0.2, 0) is 4.79 Å². The number of amides is 2. The van der Waals surface area contributed by atoms with Crippen LogP contribution in [0, 0.1) is 6.92 Å². The highest BCUT2D eigenvalue weighted by atomic mass is 35.5. The minimum absolute atomic E-state index is 0.143. The maximum atomic E-state index is 12.6. The Bertz CT molecular complexity index is 786. The Morgan fingerprint density at radius 3 is 2.50 bits per heavy atom. The molecule has 3 rings (SSSR count). The highest BCUT2D eigenvalue weighted by Gasteiger charge is 2.33. The quantitative estimate of drug-likeness (QED) is 0.929. The third kappa shape index (κ3) is 3.15. The van der Waals surface area contributed by atoms with Gasteiger partial charge in [0, 0.05) is 17.1 Å². The van der Waals surface area contributed by atoms with Gasteiger partial charge in [-0.25, -0.2) is 0 Å². The third-order valence-corrected chi connectivity index (χ3v) is 4.71. The zero-order valence-corrected chi connectivity index (χ0v) is 14.2. The van der Waals surface area contributed by atoms with Crippen molar-refractivity contribution in [1.82, 2.24) is 4.90 Å². The van der Waals surface area contributed by atoms with Crippen molar-refractivity contribution in [1.29, 1.82) is 0 Å². The van der Waals surface area contributed by atoms with Crippen LogP contribution in [0.2, 0.25) is 5.02 Å². The number of rotatable bonds is 3. The molecule has 5 heteroatoms. The molecule has 24 heavy (non-hydrogen) atoms. The molecule has 1 atom stereocenters. The molecule has 1 heterocycles. The van der Waals surface area contributed by atoms with Gasteiger partial charge in [0.1, 0.15) is 6.04 Å². The molecule has 0 unspecified atom stereocenters. The van der Waals surface area contributed by atoms with Crippen LogP contribution in [0.1, 0.15) is 28.8 Å². The second-order valence-electron chi connectivity index (χ2n) is 6.10. The van der Waals surface area contributed by atoms with Gasteiger partial charge in [0.15, 0.2) is 0 Å². The van der Waals surface area contributed by atoms with E-state index in [4.69, 9.17) is 17.3 Å². The number of likely N-dealkylation sites (tertiary alicyclic amines) is 1. The van der Waals surface area contributed by atoms with Crippen molar-refractivity contribution >= 4 is 23.4 Å². The number of nitrogens with zero attached hydrogens (tertiary/aromatic N) is 1. The van der Waals surface area contributed by atoms with E-state index in [9.17, 15) is 9.59 Å². The van der Waals surface area contributed by atoms with Gasteiger partial charge in [0.25, 0.3) is 5.91 Å². The van der Waals surface area contributed by atoms with Crippen molar-refractivity contribution in [3.8, 4) is 11.1 Å². The molecule has 2 aromatic rings. The Hall–Kier alpha value is -2.33. The maximum absolute atomic E-state index is 12.6. The number of nitrogens with two attached hydrogens (primary N) is 1. The summed E-state index contributed by atoms with van der Waals surface area (Å²) in [5.41, 5.74) is 9.14. The van der Waals surface area contributed by atoms with Gasteiger partial charge in [0.05, 0.1) is 0 Å². The molecule has 124 valence electrons. The van der Waals surface area contributed by atoms with Crippen molar-refractivity contribution in [2.75, 3.05) is 6.54 Å². The molecule has 0 radical (unpaired) electrons. The monoisotopic (exact) mass is 342 g/mol. The van der Waals surface area contributed by atoms with Crippen molar-refractivity contribution < 1.29 is 9.59 Å². The summed E-state index contributed by atoms with van der Waals surface area (Å²) in [5.74, 6) is -0.579. The van der Waals surface area contributed by atoms with Gasteiger partial charge in [-0.2, -0.15) is 0 Å². The smallest absolute Gasteiger partial charge is 0.254 e. The van der Waals surface area contributed by atoms with E-state index in [0.717, 1.165) is 23.1 Å². The fourth-order valence-electron chi connectivity index (χ4n) is 3.21. The zero-order chi connectivity index (χ0) is 17.3. The number of hydrogen-bond donors (Lipinski definition) is 1. The fourth-order valence-corrected chi connectivity index (χ4v) is 3.44. The molecule has 1 saturated heterocycles. The van der Waals surface area contributed by atoms with E-state index in [1.54, 1.807) is 17.0 Å². The first-order chi connectivity index (χ1) is 11.5. The largest absolute Gasteiger partial charge is 0.368 e. The number of hydrogen-bond acceptors (Lipinski definition) is 2. The topological polar surface area (TPSA) is 63.4 Å². The minimum atomic E-state index is -0.490. The van der Waals surface area contributed by atoms with Crippen molar-refractivity contribution in [2.45, 2.75) is 25.8 Å². The van der Waals surface area contributed by atoms with Gasteiger partial charge in [-0.05, 0) is 60.7 Å². The van der Waals surface area contributed by atoms with E-state index >= 15 is 0 Å². The van der Waals surface area contributed by atoms with E-state index in [0.29, 0.717) is 23.6 Å². The molecule has 0 bridgehead atoms. The van der Waals surface area contributed by atoms with Crippen molar-refractivity contribution in [2.24, 2.45) is 5.73 Å². The summed E-state index contributed by atoms with van der Waals surface area (Å²) in [4.78, 5) is 25.7. The van der Waals surface area contributed by atoms with Gasteiger partial charge in [0.2, 0.25) is 5.91 Å². The Balaban J connectivity index is 1.84. The predicted molar refractivity (Wildman–Crippen MR) is 94.9 cm³/mol. The molecule has 0 aromatic heterocycles. The summed E-state index contributed by atoms with van der Waals surface area (Å²) in [7, 11) is 0. The molecule has 2 N–H and O–H groups in total. The number of carbonyl (C=O) groups excluding carboxylic acids is 2. The summed E-state index contributed by atoms with van der Waals surface area (Å²) >= 11 is 6.00. The lowest BCUT2D eigenvalue weighted by Gasteiger charge is -2.22. The maximum Gasteiger partial charge on any atom is 0.254 e. The molecule has 1 fully saturated rings. The number of aryl methyl sites for hydroxylation is 1. The van der Waals surface area contributed by atoms with Crippen LogP contribution in [0.4, 0.5) is 0 Å². The molecule has 2 aromatic carbocycles. The Morgan fingerprint density at radius 1 is 1.17 bits per heavy atom. The highest BCUT2D eigenvalue weighted by molar-refractivity contribution is 6.30. The number of primary amides is 1. The van der Waals surface area contributed by atoms with Crippen LogP contribution in [-0.4, -0.2) is 29.3 Å². The number of benzene rings is 2. The minimum Gasteiger partial charge on any atom is -0.368 e. The fraction of sp³-hybridized carbons (Fsp3) is 0.263. The Kier molecular flexibility index (Phi) is 4.58. The molecule has 1 aliphatic rings. The third-order valence-electron chi connectivity index (χ3n) is 4.47. The average molecular weight is 343 g/mol. The first-order valence-corrected chi connectivity index (χ1v) is 8.32. The Morgan fingerprint density at radius 2 is 1.88 bits per heavy atom. The highest BCUT2D eigenvalue weighted by Crippen LogP contribution is 2.27. The summed E-state index contributed by atoms with van der Waals surface area (Å²) in [6.07, 6.45) is 1.45. The second kappa shape index (κ2) is 6.65. The van der Waals surface area contributed by atoms with Gasteiger partial charge in [-0.15, -0.1) is 0 Å². The molecular weight excluding hydrogens is 324 g/mol. The number of halogens is 1. The molecular formula is C19H19ClN2O2. The van der Waals surface area contributed by atoms with Gasteiger partial charge >= 0.3 is 0 Å². The predicted octanol–water partition coefficient (Wildman–Crippen LogP) is 3.41. The zero-order valence-electron chi connectivity index (χ0n) is 13.5. The van der Waals surface area contributed by atoms with Crippen LogP contribution >= 0.6 is 11.6 Å². The number of carbonyl (C=O) groups is 2. The van der Waals surface area contributed by atoms with Gasteiger partial charge in [-0.1, -0.05) is 29.8 Å². The lowest BCUT2D eigenvalue weighted by molar-refractivity contribution is -0.121. The van der Waals surface area contributed by atoms with Crippen molar-refractivity contribution in [3.05, 3.63) is 58.6 Å². The lowest BCUT2D eigenvalue weighted by Crippen LogP contribution is -2.43. The van der Waals surface area contributed by atoms with Crippen LogP contribution in [0.3, 0.4) is 0 Å². The summed E-state index contributed by atoms with van der Waals surface area (Å²) in [6, 6.07) is 12.7. The summed E-state index contributed by atoms with van der Waals surface area (Å²) in [6.45, 7) is 2.58. The second-order valence-corrected chi connectivity index (χ2v) is 6.53. The molecule has 2 amide bonds. The average Bonchev–Trinajstić information content (AvgIpc) is 3.04. The van der Waals surface area contributed by atoms with Crippen LogP contribution < -0.4 is 5.73 Å². The first-order valence-electron chi connectivity index (χ1n) is 7.94. The molecule has 0 saturated carbocycles. The normalized spacial score (nSPS) is 17.1. The molecule has 0 aliphatic carbocycles. The Labute approximate surface area is 146 Å². The van der Waals surface area contributed by atoms with Crippen LogP contribution in [0.25, 0.3) is 11.1 Å². The van der Waals surface area contributed by atoms with Gasteiger partial charge in [-0.3, -0.25) is 9.59 Å². The van der Waals surface area contributed by atoms with E-state index in [-0.39, 0.29) is 5.91 Å². The van der Waals surface area contributed by atoms with Crippen molar-refractivity contribution in [3.63, 3.8) is 0 Å². The van der Waals surface area contributed by atoms with Gasteiger partial charge < -0.3 is 10.6 Å². The summed E-state index contributed by atoms with van der Waals surface area (Å²) < 4.78 is 0. The lowest BCUT2D eigenvalue weighted by atomic mass is 9.99. The molecule has 1 aliphatic heterocycles. The summed E-state index contributed by atoms with van der Waals surface area (Å²) in [5, 5.41) is 0.703. The standard InChI is InChI=1S/C19H19ClN2O2/c1-12-11-15(20)8-9-16(12)13-4-6-14(7-5-13)19(24)22-10-2-3-17(22)18(21)23/h4-9,11,17H,2-3,10H2,1H3,(H2,21,23)/t17-/m0/s1. The van der Waals surface area contributed by atoms with Crippen LogP contribution in [0.15, 0.2) is 42.5 Å².